The molecule has 4 amide bonds. The number of aryl methyl sites for hydroxylation is 1. The number of ether oxygens (including phenoxy) is 2. The zero-order valence-electron chi connectivity index (χ0n) is 15.4. The number of carbonyl (C=O) groups excluding carboxylic acids is 2. The van der Waals surface area contributed by atoms with Gasteiger partial charge in [0.25, 0.3) is 0 Å². The van der Waals surface area contributed by atoms with E-state index < -0.39 is 12.1 Å². The predicted molar refractivity (Wildman–Crippen MR) is 101 cm³/mol. The average molecular weight is 384 g/mol. The van der Waals surface area contributed by atoms with Crippen molar-refractivity contribution in [3.63, 3.8) is 0 Å². The second-order valence-corrected chi connectivity index (χ2v) is 5.46. The van der Waals surface area contributed by atoms with E-state index in [1.807, 2.05) is 6.92 Å². The fourth-order valence-electron chi connectivity index (χ4n) is 1.98. The van der Waals surface area contributed by atoms with Gasteiger partial charge in [0, 0.05) is 24.5 Å². The van der Waals surface area contributed by atoms with E-state index in [0.717, 1.165) is 5.56 Å². The fourth-order valence-corrected chi connectivity index (χ4v) is 1.98. The lowest BCUT2D eigenvalue weighted by Crippen LogP contribution is -2.32. The van der Waals surface area contributed by atoms with E-state index in [1.165, 1.54) is 0 Å². The zero-order valence-corrected chi connectivity index (χ0v) is 15.4. The van der Waals surface area contributed by atoms with Gasteiger partial charge in [-0.25, -0.2) is 9.59 Å². The van der Waals surface area contributed by atoms with Crippen LogP contribution in [0.4, 0.5) is 21.0 Å². The van der Waals surface area contributed by atoms with Gasteiger partial charge in [-0.3, -0.25) is 0 Å². The Hall–Kier alpha value is -2.40. The number of carbonyl (C=O) groups is 2. The molecule has 27 heavy (non-hydrogen) atoms. The fraction of sp³-hybridized carbons (Fsp3) is 0.529. The molecule has 0 fully saturated rings. The summed E-state index contributed by atoms with van der Waals surface area (Å²) >= 11 is 0. The maximum Gasteiger partial charge on any atom is 0.319 e. The summed E-state index contributed by atoms with van der Waals surface area (Å²) in [5, 5.41) is 27.8. The second-order valence-electron chi connectivity index (χ2n) is 5.46. The minimum absolute atomic E-state index is 0.0609. The van der Waals surface area contributed by atoms with Crippen molar-refractivity contribution in [3.05, 3.63) is 23.8 Å². The smallest absolute Gasteiger partial charge is 0.319 e. The van der Waals surface area contributed by atoms with Crippen molar-refractivity contribution in [2.24, 2.45) is 0 Å². The van der Waals surface area contributed by atoms with Crippen molar-refractivity contribution in [1.82, 2.24) is 10.6 Å². The van der Waals surface area contributed by atoms with Gasteiger partial charge in [0.05, 0.1) is 39.6 Å². The summed E-state index contributed by atoms with van der Waals surface area (Å²) in [6.07, 6.45) is 0. The number of nitrogens with one attached hydrogen (secondary N) is 4. The molecule has 0 aliphatic heterocycles. The number of rotatable bonds is 12. The van der Waals surface area contributed by atoms with E-state index in [9.17, 15) is 9.59 Å². The third-order valence-corrected chi connectivity index (χ3v) is 3.28. The van der Waals surface area contributed by atoms with Crippen LogP contribution < -0.4 is 21.3 Å². The Morgan fingerprint density at radius 3 is 2.00 bits per heavy atom. The van der Waals surface area contributed by atoms with Crippen molar-refractivity contribution in [2.75, 3.05) is 63.4 Å². The Morgan fingerprint density at radius 1 is 0.889 bits per heavy atom. The Bertz CT molecular complexity index is 585. The van der Waals surface area contributed by atoms with Crippen LogP contribution in [0.15, 0.2) is 18.2 Å². The molecule has 0 atom stereocenters. The monoisotopic (exact) mass is 384 g/mol. The largest absolute Gasteiger partial charge is 0.394 e. The molecule has 0 saturated heterocycles. The van der Waals surface area contributed by atoms with Crippen LogP contribution in [0, 0.1) is 6.92 Å². The van der Waals surface area contributed by atoms with Gasteiger partial charge in [-0.2, -0.15) is 0 Å². The first-order valence-electron chi connectivity index (χ1n) is 8.64. The zero-order chi connectivity index (χ0) is 19.9. The van der Waals surface area contributed by atoms with E-state index in [0.29, 0.717) is 37.7 Å². The molecule has 0 spiro atoms. The molecule has 0 aliphatic carbocycles. The summed E-state index contributed by atoms with van der Waals surface area (Å²) in [6, 6.07) is 4.36. The minimum atomic E-state index is -0.400. The van der Waals surface area contributed by atoms with E-state index in [4.69, 9.17) is 19.7 Å². The number of benzene rings is 1. The van der Waals surface area contributed by atoms with Gasteiger partial charge in [0.1, 0.15) is 0 Å². The lowest BCUT2D eigenvalue weighted by atomic mass is 10.2. The molecule has 10 nitrogen and oxygen atoms in total. The SMILES string of the molecule is Cc1ccc(NC(=O)NCCOCCO)cc1NC(=O)NCCOCCO. The van der Waals surface area contributed by atoms with Crippen LogP contribution in [-0.2, 0) is 9.47 Å². The summed E-state index contributed by atoms with van der Waals surface area (Å²) in [5.41, 5.74) is 1.92. The van der Waals surface area contributed by atoms with Crippen molar-refractivity contribution in [3.8, 4) is 0 Å². The minimum Gasteiger partial charge on any atom is -0.394 e. The highest BCUT2D eigenvalue weighted by molar-refractivity contribution is 5.93. The summed E-state index contributed by atoms with van der Waals surface area (Å²) in [6.45, 7) is 3.39. The van der Waals surface area contributed by atoms with Crippen LogP contribution >= 0.6 is 0 Å². The van der Waals surface area contributed by atoms with Crippen LogP contribution in [0.3, 0.4) is 0 Å². The molecule has 1 aromatic rings. The molecule has 0 aromatic heterocycles. The molecular weight excluding hydrogens is 356 g/mol. The van der Waals surface area contributed by atoms with E-state index in [2.05, 4.69) is 21.3 Å². The molecule has 0 heterocycles. The summed E-state index contributed by atoms with van der Waals surface area (Å²) in [7, 11) is 0. The Kier molecular flexibility index (Phi) is 11.5. The highest BCUT2D eigenvalue weighted by Crippen LogP contribution is 2.20. The van der Waals surface area contributed by atoms with Crippen molar-refractivity contribution >= 4 is 23.4 Å². The number of hydrogen-bond acceptors (Lipinski definition) is 6. The van der Waals surface area contributed by atoms with Gasteiger partial charge in [-0.05, 0) is 24.6 Å². The third-order valence-electron chi connectivity index (χ3n) is 3.28. The Balaban J connectivity index is 2.42. The van der Waals surface area contributed by atoms with Crippen LogP contribution in [0.1, 0.15) is 5.56 Å². The van der Waals surface area contributed by atoms with Crippen molar-refractivity contribution < 1.29 is 29.3 Å². The lowest BCUT2D eigenvalue weighted by molar-refractivity contribution is 0.0950. The molecule has 0 unspecified atom stereocenters. The molecule has 0 saturated carbocycles. The number of urea groups is 2. The van der Waals surface area contributed by atoms with Crippen molar-refractivity contribution in [2.45, 2.75) is 6.92 Å². The predicted octanol–water partition coefficient (Wildman–Crippen LogP) is 0.256. The number of hydrogen-bond donors (Lipinski definition) is 6. The number of amides is 4. The van der Waals surface area contributed by atoms with Gasteiger partial charge in [-0.1, -0.05) is 6.07 Å². The van der Waals surface area contributed by atoms with Gasteiger partial charge >= 0.3 is 12.1 Å². The maximum atomic E-state index is 11.9. The first-order valence-corrected chi connectivity index (χ1v) is 8.64. The molecular formula is C17H28N4O6. The molecule has 0 radical (unpaired) electrons. The van der Waals surface area contributed by atoms with Crippen LogP contribution in [0.25, 0.3) is 0 Å². The van der Waals surface area contributed by atoms with Gasteiger partial charge < -0.3 is 41.0 Å². The molecule has 0 aliphatic rings. The molecule has 10 heteroatoms. The quantitative estimate of drug-likeness (QED) is 0.286. The molecule has 152 valence electrons. The first kappa shape index (κ1) is 22.6. The molecule has 6 N–H and O–H groups in total. The summed E-state index contributed by atoms with van der Waals surface area (Å²) in [5.74, 6) is 0. The summed E-state index contributed by atoms with van der Waals surface area (Å²) < 4.78 is 10.1. The van der Waals surface area contributed by atoms with E-state index >= 15 is 0 Å². The standard InChI is InChI=1S/C17H28N4O6/c1-13-2-3-14(20-16(24)18-4-8-26-10-6-22)12-15(13)21-17(25)19-5-9-27-11-7-23/h2-3,12,22-23H,4-11H2,1H3,(H2,18,20,24)(H2,19,21,25). The Morgan fingerprint density at radius 2 is 1.44 bits per heavy atom. The van der Waals surface area contributed by atoms with Gasteiger partial charge in [0.15, 0.2) is 0 Å². The molecule has 1 aromatic carbocycles. The molecule has 0 bridgehead atoms. The maximum absolute atomic E-state index is 11.9. The van der Waals surface area contributed by atoms with Crippen molar-refractivity contribution in [1.29, 1.82) is 0 Å². The second kappa shape index (κ2) is 13.8. The third kappa shape index (κ3) is 10.4. The Labute approximate surface area is 158 Å². The lowest BCUT2D eigenvalue weighted by Gasteiger charge is -2.13. The van der Waals surface area contributed by atoms with Crippen LogP contribution in [0.2, 0.25) is 0 Å². The average Bonchev–Trinajstić information content (AvgIpc) is 2.64. The van der Waals surface area contributed by atoms with Crippen LogP contribution in [-0.4, -0.2) is 75.0 Å². The van der Waals surface area contributed by atoms with Gasteiger partial charge in [0.2, 0.25) is 0 Å². The number of anilines is 2. The topological polar surface area (TPSA) is 141 Å². The summed E-state index contributed by atoms with van der Waals surface area (Å²) in [4.78, 5) is 23.7. The first-order chi connectivity index (χ1) is 13.1. The number of aliphatic hydroxyl groups is 2. The van der Waals surface area contributed by atoms with E-state index in [-0.39, 0.29) is 26.4 Å². The number of aliphatic hydroxyl groups excluding tert-OH is 2. The highest BCUT2D eigenvalue weighted by atomic mass is 16.5. The molecule has 1 rings (SSSR count). The highest BCUT2D eigenvalue weighted by Gasteiger charge is 2.07. The van der Waals surface area contributed by atoms with E-state index in [1.54, 1.807) is 18.2 Å². The normalized spacial score (nSPS) is 10.3. The van der Waals surface area contributed by atoms with Crippen LogP contribution in [0.5, 0.6) is 0 Å². The van der Waals surface area contributed by atoms with Gasteiger partial charge in [-0.15, -0.1) is 0 Å².